The maximum Gasteiger partial charge on any atom is 0.165 e. The van der Waals surface area contributed by atoms with Crippen LogP contribution in [0, 0.1) is 17.2 Å². The summed E-state index contributed by atoms with van der Waals surface area (Å²) in [7, 11) is 0. The number of ether oxygens (including phenoxy) is 1. The summed E-state index contributed by atoms with van der Waals surface area (Å²) in [5.74, 6) is 0.487. The SMILES string of the molecule is CCCC1(CCC)CC(CCCOc2ccc(C(C)=O)cc2F)C1. The molecule has 0 aromatic heterocycles. The molecule has 0 spiro atoms. The highest BCUT2D eigenvalue weighted by Crippen LogP contribution is 2.53. The average molecular weight is 334 g/mol. The van der Waals surface area contributed by atoms with Crippen molar-refractivity contribution in [1.82, 2.24) is 0 Å². The third-order valence-electron chi connectivity index (χ3n) is 5.36. The van der Waals surface area contributed by atoms with Crippen LogP contribution in [-0.2, 0) is 0 Å². The molecule has 0 bridgehead atoms. The average Bonchev–Trinajstić information content (AvgIpc) is 2.50. The Morgan fingerprint density at radius 3 is 2.46 bits per heavy atom. The van der Waals surface area contributed by atoms with Gasteiger partial charge in [-0.05, 0) is 75.0 Å². The zero-order valence-electron chi connectivity index (χ0n) is 15.4. The summed E-state index contributed by atoms with van der Waals surface area (Å²) in [6, 6.07) is 4.44. The predicted octanol–water partition coefficient (Wildman–Crippen LogP) is 6.18. The lowest BCUT2D eigenvalue weighted by molar-refractivity contribution is 0.0259. The zero-order chi connectivity index (χ0) is 17.6. The summed E-state index contributed by atoms with van der Waals surface area (Å²) >= 11 is 0. The Kier molecular flexibility index (Phi) is 6.82. The maximum absolute atomic E-state index is 13.9. The molecule has 2 nitrogen and oxygen atoms in total. The molecular formula is C21H31FO2. The number of carbonyl (C=O) groups excluding carboxylic acids is 1. The van der Waals surface area contributed by atoms with Crippen molar-refractivity contribution in [3.63, 3.8) is 0 Å². The first kappa shape index (κ1) is 19.0. The molecule has 0 heterocycles. The van der Waals surface area contributed by atoms with Crippen molar-refractivity contribution in [2.45, 2.75) is 72.1 Å². The molecule has 1 aliphatic rings. The van der Waals surface area contributed by atoms with Gasteiger partial charge in [0.2, 0.25) is 0 Å². The van der Waals surface area contributed by atoms with E-state index in [1.54, 1.807) is 12.1 Å². The second-order valence-corrected chi connectivity index (χ2v) is 7.47. The Hall–Kier alpha value is -1.38. The molecule has 1 fully saturated rings. The van der Waals surface area contributed by atoms with Gasteiger partial charge in [0.1, 0.15) is 0 Å². The van der Waals surface area contributed by atoms with Crippen molar-refractivity contribution >= 4 is 5.78 Å². The highest BCUT2D eigenvalue weighted by Gasteiger charge is 2.41. The summed E-state index contributed by atoms with van der Waals surface area (Å²) in [5, 5.41) is 0. The van der Waals surface area contributed by atoms with Crippen LogP contribution in [0.2, 0.25) is 0 Å². The van der Waals surface area contributed by atoms with Gasteiger partial charge in [-0.1, -0.05) is 26.7 Å². The highest BCUT2D eigenvalue weighted by atomic mass is 19.1. The molecule has 0 atom stereocenters. The van der Waals surface area contributed by atoms with Gasteiger partial charge >= 0.3 is 0 Å². The largest absolute Gasteiger partial charge is 0.491 e. The molecule has 1 saturated carbocycles. The fraction of sp³-hybridized carbons (Fsp3) is 0.667. The first-order valence-electron chi connectivity index (χ1n) is 9.43. The third kappa shape index (κ3) is 4.81. The van der Waals surface area contributed by atoms with E-state index in [9.17, 15) is 9.18 Å². The normalized spacial score (nSPS) is 16.7. The standard InChI is InChI=1S/C21H31FO2/c1-4-10-21(11-5-2)14-17(15-21)7-6-12-24-20-9-8-18(16(3)23)13-19(20)22/h8-9,13,17H,4-7,10-12,14-15H2,1-3H3. The van der Waals surface area contributed by atoms with Gasteiger partial charge in [-0.25, -0.2) is 4.39 Å². The molecule has 1 aromatic rings. The monoisotopic (exact) mass is 334 g/mol. The van der Waals surface area contributed by atoms with Gasteiger partial charge in [-0.2, -0.15) is 0 Å². The van der Waals surface area contributed by atoms with Crippen molar-refractivity contribution in [2.24, 2.45) is 11.3 Å². The number of hydrogen-bond donors (Lipinski definition) is 0. The van der Waals surface area contributed by atoms with Gasteiger partial charge in [-0.15, -0.1) is 0 Å². The molecule has 1 aliphatic carbocycles. The van der Waals surface area contributed by atoms with E-state index in [0.717, 1.165) is 12.3 Å². The number of ketones is 1. The van der Waals surface area contributed by atoms with Gasteiger partial charge in [0.15, 0.2) is 17.3 Å². The minimum Gasteiger partial charge on any atom is -0.491 e. The lowest BCUT2D eigenvalue weighted by atomic mass is 9.57. The van der Waals surface area contributed by atoms with Gasteiger partial charge in [0.25, 0.3) is 0 Å². The number of Topliss-reactive ketones (excluding diaryl/α,β-unsaturated/α-hetero) is 1. The van der Waals surface area contributed by atoms with Crippen LogP contribution in [-0.4, -0.2) is 12.4 Å². The van der Waals surface area contributed by atoms with E-state index in [1.807, 2.05) is 0 Å². The van der Waals surface area contributed by atoms with Crippen LogP contribution in [0.25, 0.3) is 0 Å². The topological polar surface area (TPSA) is 26.3 Å². The second kappa shape index (κ2) is 8.64. The van der Waals surface area contributed by atoms with E-state index in [4.69, 9.17) is 4.74 Å². The van der Waals surface area contributed by atoms with Crippen molar-refractivity contribution in [1.29, 1.82) is 0 Å². The molecular weight excluding hydrogens is 303 g/mol. The molecule has 0 radical (unpaired) electrons. The van der Waals surface area contributed by atoms with E-state index in [2.05, 4.69) is 13.8 Å². The summed E-state index contributed by atoms with van der Waals surface area (Å²) in [6.45, 7) is 6.54. The molecule has 0 saturated heterocycles. The number of halogens is 1. The van der Waals surface area contributed by atoms with Crippen LogP contribution in [0.15, 0.2) is 18.2 Å². The van der Waals surface area contributed by atoms with Crippen LogP contribution in [0.3, 0.4) is 0 Å². The Morgan fingerprint density at radius 1 is 1.25 bits per heavy atom. The van der Waals surface area contributed by atoms with Crippen LogP contribution in [0.1, 0.15) is 82.5 Å². The third-order valence-corrected chi connectivity index (χ3v) is 5.36. The van der Waals surface area contributed by atoms with Crippen molar-refractivity contribution < 1.29 is 13.9 Å². The van der Waals surface area contributed by atoms with E-state index < -0.39 is 5.82 Å². The summed E-state index contributed by atoms with van der Waals surface area (Å²) in [6.07, 6.45) is 10.1. The maximum atomic E-state index is 13.9. The van der Waals surface area contributed by atoms with Crippen LogP contribution < -0.4 is 4.74 Å². The lowest BCUT2D eigenvalue weighted by Crippen LogP contribution is -2.37. The zero-order valence-corrected chi connectivity index (χ0v) is 15.4. The fourth-order valence-corrected chi connectivity index (χ4v) is 4.35. The van der Waals surface area contributed by atoms with Crippen LogP contribution in [0.5, 0.6) is 5.75 Å². The first-order chi connectivity index (χ1) is 11.5. The van der Waals surface area contributed by atoms with Crippen molar-refractivity contribution in [3.8, 4) is 5.75 Å². The second-order valence-electron chi connectivity index (χ2n) is 7.47. The Bertz CT molecular complexity index is 539. The van der Waals surface area contributed by atoms with Crippen LogP contribution >= 0.6 is 0 Å². The molecule has 2 rings (SSSR count). The van der Waals surface area contributed by atoms with Gasteiger partial charge in [0, 0.05) is 5.56 Å². The van der Waals surface area contributed by atoms with E-state index in [1.165, 1.54) is 57.9 Å². The number of hydrogen-bond acceptors (Lipinski definition) is 2. The minimum absolute atomic E-state index is 0.131. The number of benzene rings is 1. The van der Waals surface area contributed by atoms with Crippen LogP contribution in [0.4, 0.5) is 4.39 Å². The van der Waals surface area contributed by atoms with Gasteiger partial charge in [-0.3, -0.25) is 4.79 Å². The molecule has 134 valence electrons. The van der Waals surface area contributed by atoms with Crippen molar-refractivity contribution in [2.75, 3.05) is 6.61 Å². The lowest BCUT2D eigenvalue weighted by Gasteiger charge is -2.48. The molecule has 24 heavy (non-hydrogen) atoms. The molecule has 1 aromatic carbocycles. The molecule has 0 amide bonds. The fourth-order valence-electron chi connectivity index (χ4n) is 4.35. The summed E-state index contributed by atoms with van der Waals surface area (Å²) < 4.78 is 19.4. The number of rotatable bonds is 10. The van der Waals surface area contributed by atoms with Gasteiger partial charge < -0.3 is 4.74 Å². The quantitative estimate of drug-likeness (QED) is 0.377. The van der Waals surface area contributed by atoms with E-state index in [-0.39, 0.29) is 11.5 Å². The highest BCUT2D eigenvalue weighted by molar-refractivity contribution is 5.94. The minimum atomic E-state index is -0.448. The Labute approximate surface area is 145 Å². The number of carbonyl (C=O) groups is 1. The molecule has 0 unspecified atom stereocenters. The Balaban J connectivity index is 1.70. The summed E-state index contributed by atoms with van der Waals surface area (Å²) in [4.78, 5) is 11.2. The molecule has 3 heteroatoms. The first-order valence-corrected chi connectivity index (χ1v) is 9.43. The van der Waals surface area contributed by atoms with E-state index >= 15 is 0 Å². The summed E-state index contributed by atoms with van der Waals surface area (Å²) in [5.41, 5.74) is 1.00. The van der Waals surface area contributed by atoms with Crippen molar-refractivity contribution in [3.05, 3.63) is 29.6 Å². The van der Waals surface area contributed by atoms with Gasteiger partial charge in [0.05, 0.1) is 6.61 Å². The smallest absolute Gasteiger partial charge is 0.165 e. The predicted molar refractivity (Wildman–Crippen MR) is 96.1 cm³/mol. The van der Waals surface area contributed by atoms with E-state index in [0.29, 0.717) is 17.6 Å². The molecule has 0 N–H and O–H groups in total. The Morgan fingerprint density at radius 2 is 1.92 bits per heavy atom. The molecule has 0 aliphatic heterocycles.